The Bertz CT molecular complexity index is 1170. The zero-order valence-electron chi connectivity index (χ0n) is 15.8. The maximum absolute atomic E-state index is 12.7. The third kappa shape index (κ3) is 3.58. The highest BCUT2D eigenvalue weighted by Gasteiger charge is 2.16. The molecule has 1 amide bonds. The van der Waals surface area contributed by atoms with Crippen LogP contribution in [0, 0.1) is 0 Å². The molecule has 0 fully saturated rings. The zero-order valence-corrected chi connectivity index (χ0v) is 15.8. The van der Waals surface area contributed by atoms with Crippen LogP contribution >= 0.6 is 0 Å². The van der Waals surface area contributed by atoms with Crippen molar-refractivity contribution in [2.75, 3.05) is 19.5 Å². The molecule has 1 aromatic heterocycles. The Kier molecular flexibility index (Phi) is 4.78. The minimum atomic E-state index is -0.362. The lowest BCUT2D eigenvalue weighted by Gasteiger charge is -2.11. The summed E-state index contributed by atoms with van der Waals surface area (Å²) in [6.45, 7) is 0. The minimum Gasteiger partial charge on any atom is -0.507 e. The maximum atomic E-state index is 12.7. The number of para-hydroxylation sites is 2. The number of benzene rings is 3. The van der Waals surface area contributed by atoms with Crippen molar-refractivity contribution in [1.82, 2.24) is 4.98 Å². The molecular weight excluding hydrogens is 372 g/mol. The molecule has 2 N–H and O–H groups in total. The van der Waals surface area contributed by atoms with Crippen LogP contribution in [0.4, 0.5) is 5.69 Å². The number of amides is 1. The molecule has 0 bridgehead atoms. The van der Waals surface area contributed by atoms with E-state index in [-0.39, 0.29) is 17.5 Å². The summed E-state index contributed by atoms with van der Waals surface area (Å²) in [5.74, 6) is 0.873. The van der Waals surface area contributed by atoms with E-state index in [0.717, 1.165) is 0 Å². The molecule has 0 aliphatic heterocycles. The molecule has 0 spiro atoms. The normalized spacial score (nSPS) is 10.7. The summed E-state index contributed by atoms with van der Waals surface area (Å²) >= 11 is 0. The fourth-order valence-corrected chi connectivity index (χ4v) is 2.96. The van der Waals surface area contributed by atoms with Gasteiger partial charge < -0.3 is 24.3 Å². The van der Waals surface area contributed by atoms with E-state index in [1.165, 1.54) is 13.2 Å². The molecule has 146 valence electrons. The monoisotopic (exact) mass is 390 g/mol. The molecule has 7 nitrogen and oxygen atoms in total. The van der Waals surface area contributed by atoms with E-state index < -0.39 is 0 Å². The summed E-state index contributed by atoms with van der Waals surface area (Å²) in [7, 11) is 3.02. The number of nitrogens with zero attached hydrogens (tertiary/aromatic N) is 1. The first-order chi connectivity index (χ1) is 14.1. The third-order valence-corrected chi connectivity index (χ3v) is 4.43. The van der Waals surface area contributed by atoms with Gasteiger partial charge in [0.25, 0.3) is 5.91 Å². The van der Waals surface area contributed by atoms with Gasteiger partial charge in [0.05, 0.1) is 25.3 Å². The van der Waals surface area contributed by atoms with E-state index in [4.69, 9.17) is 13.9 Å². The van der Waals surface area contributed by atoms with E-state index in [9.17, 15) is 9.90 Å². The molecule has 0 saturated carbocycles. The van der Waals surface area contributed by atoms with Crippen molar-refractivity contribution in [1.29, 1.82) is 0 Å². The van der Waals surface area contributed by atoms with Crippen LogP contribution in [0.15, 0.2) is 65.1 Å². The first kappa shape index (κ1) is 18.4. The summed E-state index contributed by atoms with van der Waals surface area (Å²) in [5, 5.41) is 13.1. The number of aromatic nitrogens is 1. The van der Waals surface area contributed by atoms with Gasteiger partial charge in [-0.1, -0.05) is 12.1 Å². The van der Waals surface area contributed by atoms with Crippen LogP contribution in [0.5, 0.6) is 17.2 Å². The second-order valence-corrected chi connectivity index (χ2v) is 6.24. The Morgan fingerprint density at radius 2 is 1.86 bits per heavy atom. The van der Waals surface area contributed by atoms with Crippen molar-refractivity contribution in [2.45, 2.75) is 0 Å². The van der Waals surface area contributed by atoms with Gasteiger partial charge in [-0.2, -0.15) is 0 Å². The highest BCUT2D eigenvalue weighted by Crippen LogP contribution is 2.33. The number of phenols is 1. The number of rotatable bonds is 5. The molecule has 1 heterocycles. The highest BCUT2D eigenvalue weighted by atomic mass is 16.5. The summed E-state index contributed by atoms with van der Waals surface area (Å²) < 4.78 is 16.2. The molecule has 3 aromatic carbocycles. The Balaban J connectivity index is 1.65. The second kappa shape index (κ2) is 7.55. The highest BCUT2D eigenvalue weighted by molar-refractivity contribution is 6.06. The first-order valence-electron chi connectivity index (χ1n) is 8.81. The number of carbonyl (C=O) groups is 1. The average Bonchev–Trinajstić information content (AvgIpc) is 3.18. The van der Waals surface area contributed by atoms with Crippen molar-refractivity contribution >= 4 is 22.7 Å². The molecule has 0 radical (unpaired) electrons. The quantitative estimate of drug-likeness (QED) is 0.488. The molecule has 0 atom stereocenters. The van der Waals surface area contributed by atoms with Crippen LogP contribution in [-0.4, -0.2) is 30.2 Å². The number of hydrogen-bond acceptors (Lipinski definition) is 6. The Labute approximate surface area is 166 Å². The van der Waals surface area contributed by atoms with Crippen LogP contribution in [0.2, 0.25) is 0 Å². The lowest BCUT2D eigenvalue weighted by molar-refractivity contribution is 0.102. The fraction of sp³-hybridized carbons (Fsp3) is 0.0909. The summed E-state index contributed by atoms with van der Waals surface area (Å²) in [5.41, 5.74) is 2.49. The van der Waals surface area contributed by atoms with Crippen LogP contribution in [0.3, 0.4) is 0 Å². The first-order valence-corrected chi connectivity index (χ1v) is 8.81. The molecule has 4 rings (SSSR count). The summed E-state index contributed by atoms with van der Waals surface area (Å²) in [6, 6.07) is 16.9. The molecule has 0 aliphatic rings. The largest absolute Gasteiger partial charge is 0.507 e. The average molecular weight is 390 g/mol. The van der Waals surface area contributed by atoms with Gasteiger partial charge in [0.15, 0.2) is 5.58 Å². The van der Waals surface area contributed by atoms with Crippen LogP contribution < -0.4 is 14.8 Å². The van der Waals surface area contributed by atoms with Crippen molar-refractivity contribution in [3.8, 4) is 28.7 Å². The van der Waals surface area contributed by atoms with Crippen LogP contribution in [0.25, 0.3) is 22.6 Å². The van der Waals surface area contributed by atoms with Gasteiger partial charge in [-0.25, -0.2) is 4.98 Å². The molecular formula is C22H18N2O5. The molecule has 0 unspecified atom stereocenters. The van der Waals surface area contributed by atoms with E-state index in [1.807, 2.05) is 18.2 Å². The van der Waals surface area contributed by atoms with E-state index in [1.54, 1.807) is 43.5 Å². The predicted octanol–water partition coefficient (Wildman–Crippen LogP) is 4.47. The number of ether oxygens (including phenoxy) is 2. The molecule has 0 saturated heterocycles. The molecule has 0 aliphatic carbocycles. The number of carbonyl (C=O) groups excluding carboxylic acids is 1. The Morgan fingerprint density at radius 3 is 2.62 bits per heavy atom. The van der Waals surface area contributed by atoms with Crippen LogP contribution in [-0.2, 0) is 0 Å². The van der Waals surface area contributed by atoms with Gasteiger partial charge in [-0.15, -0.1) is 0 Å². The molecule has 4 aromatic rings. The number of anilines is 1. The Morgan fingerprint density at radius 1 is 1.03 bits per heavy atom. The summed E-state index contributed by atoms with van der Waals surface area (Å²) in [4.78, 5) is 17.1. The van der Waals surface area contributed by atoms with Crippen molar-refractivity contribution in [3.05, 3.63) is 66.2 Å². The van der Waals surface area contributed by atoms with Gasteiger partial charge >= 0.3 is 0 Å². The van der Waals surface area contributed by atoms with Crippen LogP contribution in [0.1, 0.15) is 10.4 Å². The van der Waals surface area contributed by atoms with E-state index in [0.29, 0.717) is 39.4 Å². The topological polar surface area (TPSA) is 93.8 Å². The number of hydrogen-bond donors (Lipinski definition) is 2. The second-order valence-electron chi connectivity index (χ2n) is 6.24. The fourth-order valence-electron chi connectivity index (χ4n) is 2.96. The van der Waals surface area contributed by atoms with E-state index >= 15 is 0 Å². The van der Waals surface area contributed by atoms with E-state index in [2.05, 4.69) is 10.3 Å². The third-order valence-electron chi connectivity index (χ3n) is 4.43. The van der Waals surface area contributed by atoms with Gasteiger partial charge in [0.2, 0.25) is 5.89 Å². The SMILES string of the molecule is COc1ccc(C(=O)Nc2ccc(O)c(-c3nc4ccccc4o3)c2)c(OC)c1. The van der Waals surface area contributed by atoms with Crippen molar-refractivity contribution in [2.24, 2.45) is 0 Å². The van der Waals surface area contributed by atoms with Gasteiger partial charge in [-0.05, 0) is 42.5 Å². The van der Waals surface area contributed by atoms with Gasteiger partial charge in [0.1, 0.15) is 22.8 Å². The number of methoxy groups -OCH3 is 2. The van der Waals surface area contributed by atoms with Gasteiger partial charge in [-0.3, -0.25) is 4.79 Å². The Hall–Kier alpha value is -4.00. The number of oxazole rings is 1. The lowest BCUT2D eigenvalue weighted by Crippen LogP contribution is -2.13. The standard InChI is InChI=1S/C22H18N2O5/c1-27-14-8-9-15(20(12-14)28-2)21(26)23-13-7-10-18(25)16(11-13)22-24-17-5-3-4-6-19(17)29-22/h3-12,25H,1-2H3,(H,23,26). The lowest BCUT2D eigenvalue weighted by atomic mass is 10.1. The zero-order chi connectivity index (χ0) is 20.4. The molecule has 29 heavy (non-hydrogen) atoms. The number of nitrogens with one attached hydrogen (secondary N) is 1. The molecule has 7 heteroatoms. The number of fused-ring (bicyclic) bond motifs is 1. The van der Waals surface area contributed by atoms with Gasteiger partial charge in [0, 0.05) is 11.8 Å². The van der Waals surface area contributed by atoms with Crippen molar-refractivity contribution in [3.63, 3.8) is 0 Å². The number of aromatic hydroxyl groups is 1. The smallest absolute Gasteiger partial charge is 0.259 e. The number of phenolic OH excluding ortho intramolecular Hbond substituents is 1. The maximum Gasteiger partial charge on any atom is 0.259 e. The predicted molar refractivity (Wildman–Crippen MR) is 109 cm³/mol. The van der Waals surface area contributed by atoms with Crippen molar-refractivity contribution < 1.29 is 23.8 Å². The summed E-state index contributed by atoms with van der Waals surface area (Å²) in [6.07, 6.45) is 0. The minimum absolute atomic E-state index is 0.00316.